The molecule has 0 saturated heterocycles. The van der Waals surface area contributed by atoms with E-state index in [2.05, 4.69) is 13.8 Å². The van der Waals surface area contributed by atoms with Crippen LogP contribution in [0.15, 0.2) is 12.2 Å². The molecule has 0 aliphatic rings. The van der Waals surface area contributed by atoms with Gasteiger partial charge in [0.2, 0.25) is 0 Å². The van der Waals surface area contributed by atoms with Crippen molar-refractivity contribution in [3.63, 3.8) is 0 Å². The van der Waals surface area contributed by atoms with Gasteiger partial charge >= 0.3 is 0 Å². The van der Waals surface area contributed by atoms with Gasteiger partial charge in [0.15, 0.2) is 0 Å². The van der Waals surface area contributed by atoms with E-state index in [0.29, 0.717) is 0 Å². The molecular formula is C18H36O2. The Morgan fingerprint density at radius 1 is 0.650 bits per heavy atom. The van der Waals surface area contributed by atoms with E-state index in [9.17, 15) is 10.2 Å². The Balaban J connectivity index is 3.44. The summed E-state index contributed by atoms with van der Waals surface area (Å²) in [4.78, 5) is 0. The highest BCUT2D eigenvalue weighted by atomic mass is 16.3. The molecule has 2 unspecified atom stereocenters. The van der Waals surface area contributed by atoms with Gasteiger partial charge in [-0.25, -0.2) is 0 Å². The number of unbranched alkanes of at least 4 members (excludes halogenated alkanes) is 6. The second kappa shape index (κ2) is 15.1. The first-order chi connectivity index (χ1) is 9.70. The third kappa shape index (κ3) is 14.1. The van der Waals surface area contributed by atoms with E-state index in [1.165, 1.54) is 38.5 Å². The molecule has 2 atom stereocenters. The summed E-state index contributed by atoms with van der Waals surface area (Å²) in [5.74, 6) is 0. The predicted molar refractivity (Wildman–Crippen MR) is 87.9 cm³/mol. The average molecular weight is 284 g/mol. The maximum absolute atomic E-state index is 9.80. The quantitative estimate of drug-likeness (QED) is 0.348. The molecule has 0 aromatic carbocycles. The molecule has 2 heteroatoms. The minimum Gasteiger partial charge on any atom is -0.393 e. The van der Waals surface area contributed by atoms with Gasteiger partial charge < -0.3 is 10.2 Å². The van der Waals surface area contributed by atoms with E-state index in [0.717, 1.165) is 38.5 Å². The number of aliphatic hydroxyl groups is 2. The maximum Gasteiger partial charge on any atom is 0.0574 e. The lowest BCUT2D eigenvalue weighted by Crippen LogP contribution is -2.06. The topological polar surface area (TPSA) is 40.5 Å². The van der Waals surface area contributed by atoms with Crippen molar-refractivity contribution in [1.82, 2.24) is 0 Å². The van der Waals surface area contributed by atoms with Gasteiger partial charge in [-0.05, 0) is 25.7 Å². The molecule has 0 heterocycles. The Morgan fingerprint density at radius 3 is 1.40 bits per heavy atom. The summed E-state index contributed by atoms with van der Waals surface area (Å²) in [5.41, 5.74) is 0. The highest BCUT2D eigenvalue weighted by Crippen LogP contribution is 2.10. The fourth-order valence-corrected chi connectivity index (χ4v) is 2.36. The lowest BCUT2D eigenvalue weighted by Gasteiger charge is -2.08. The van der Waals surface area contributed by atoms with E-state index >= 15 is 0 Å². The molecule has 0 bridgehead atoms. The smallest absolute Gasteiger partial charge is 0.0574 e. The largest absolute Gasteiger partial charge is 0.393 e. The predicted octanol–water partition coefficient (Wildman–Crippen LogP) is 4.99. The van der Waals surface area contributed by atoms with E-state index in [1.807, 2.05) is 12.2 Å². The first kappa shape index (κ1) is 19.7. The number of hydrogen-bond donors (Lipinski definition) is 2. The van der Waals surface area contributed by atoms with Crippen LogP contribution in [-0.4, -0.2) is 22.4 Å². The second-order valence-corrected chi connectivity index (χ2v) is 5.95. The van der Waals surface area contributed by atoms with Gasteiger partial charge in [0.1, 0.15) is 0 Å². The van der Waals surface area contributed by atoms with Crippen molar-refractivity contribution in [2.45, 2.75) is 103 Å². The van der Waals surface area contributed by atoms with Crippen molar-refractivity contribution in [2.24, 2.45) is 0 Å². The molecule has 0 aliphatic carbocycles. The fraction of sp³-hybridized carbons (Fsp3) is 0.889. The molecule has 2 nitrogen and oxygen atoms in total. The zero-order chi connectivity index (χ0) is 15.1. The van der Waals surface area contributed by atoms with Gasteiger partial charge in [-0.2, -0.15) is 0 Å². The third-order valence-electron chi connectivity index (χ3n) is 3.76. The lowest BCUT2D eigenvalue weighted by atomic mass is 10.0. The summed E-state index contributed by atoms with van der Waals surface area (Å²) in [6.07, 6.45) is 16.7. The molecule has 0 aromatic rings. The van der Waals surface area contributed by atoms with Gasteiger partial charge in [-0.1, -0.05) is 77.4 Å². The standard InChI is InChI=1S/C18H36O2/c1-3-5-7-9-13-17(19)15-11-12-16-18(20)14-10-8-6-4-2/h11-12,17-20H,3-10,13-16H2,1-2H3/b12-11+. The molecule has 0 spiro atoms. The van der Waals surface area contributed by atoms with Crippen molar-refractivity contribution >= 4 is 0 Å². The summed E-state index contributed by atoms with van der Waals surface area (Å²) in [5, 5.41) is 19.6. The molecule has 120 valence electrons. The van der Waals surface area contributed by atoms with Crippen LogP contribution >= 0.6 is 0 Å². The van der Waals surface area contributed by atoms with E-state index < -0.39 is 0 Å². The number of hydrogen-bond acceptors (Lipinski definition) is 2. The summed E-state index contributed by atoms with van der Waals surface area (Å²) in [6.45, 7) is 4.40. The Labute approximate surface area is 126 Å². The Bertz CT molecular complexity index is 191. The second-order valence-electron chi connectivity index (χ2n) is 5.95. The highest BCUT2D eigenvalue weighted by molar-refractivity contribution is 4.86. The van der Waals surface area contributed by atoms with E-state index in [1.54, 1.807) is 0 Å². The molecule has 0 amide bonds. The average Bonchev–Trinajstić information content (AvgIpc) is 2.44. The summed E-state index contributed by atoms with van der Waals surface area (Å²) in [7, 11) is 0. The van der Waals surface area contributed by atoms with Gasteiger partial charge in [0.25, 0.3) is 0 Å². The van der Waals surface area contributed by atoms with Crippen molar-refractivity contribution in [3.8, 4) is 0 Å². The maximum atomic E-state index is 9.80. The molecular weight excluding hydrogens is 248 g/mol. The highest BCUT2D eigenvalue weighted by Gasteiger charge is 2.03. The minimum atomic E-state index is -0.204. The fourth-order valence-electron chi connectivity index (χ4n) is 2.36. The van der Waals surface area contributed by atoms with Crippen LogP contribution in [0.3, 0.4) is 0 Å². The summed E-state index contributed by atoms with van der Waals surface area (Å²) in [6, 6.07) is 0. The first-order valence-corrected chi connectivity index (χ1v) is 8.71. The van der Waals surface area contributed by atoms with Crippen LogP contribution in [0.25, 0.3) is 0 Å². The SMILES string of the molecule is CCCCCCC(O)C/C=C/CC(O)CCCCCC. The molecule has 0 aromatic heterocycles. The minimum absolute atomic E-state index is 0.204. The van der Waals surface area contributed by atoms with Crippen LogP contribution in [-0.2, 0) is 0 Å². The Hall–Kier alpha value is -0.340. The molecule has 2 N–H and O–H groups in total. The lowest BCUT2D eigenvalue weighted by molar-refractivity contribution is 0.159. The first-order valence-electron chi connectivity index (χ1n) is 8.71. The summed E-state index contributed by atoms with van der Waals surface area (Å²) < 4.78 is 0. The number of rotatable bonds is 14. The van der Waals surface area contributed by atoms with Gasteiger partial charge in [0.05, 0.1) is 12.2 Å². The molecule has 0 radical (unpaired) electrons. The van der Waals surface area contributed by atoms with Gasteiger partial charge in [-0.3, -0.25) is 0 Å². The Kier molecular flexibility index (Phi) is 14.8. The zero-order valence-corrected chi connectivity index (χ0v) is 13.7. The van der Waals surface area contributed by atoms with Gasteiger partial charge in [-0.15, -0.1) is 0 Å². The molecule has 0 fully saturated rings. The summed E-state index contributed by atoms with van der Waals surface area (Å²) >= 11 is 0. The van der Waals surface area contributed by atoms with Crippen LogP contribution in [0.2, 0.25) is 0 Å². The normalized spacial score (nSPS) is 14.8. The van der Waals surface area contributed by atoms with Crippen molar-refractivity contribution in [1.29, 1.82) is 0 Å². The Morgan fingerprint density at radius 2 is 1.05 bits per heavy atom. The van der Waals surface area contributed by atoms with Gasteiger partial charge in [0, 0.05) is 0 Å². The number of aliphatic hydroxyl groups excluding tert-OH is 2. The third-order valence-corrected chi connectivity index (χ3v) is 3.76. The molecule has 20 heavy (non-hydrogen) atoms. The van der Waals surface area contributed by atoms with E-state index in [4.69, 9.17) is 0 Å². The van der Waals surface area contributed by atoms with Crippen LogP contribution in [0, 0.1) is 0 Å². The van der Waals surface area contributed by atoms with Crippen molar-refractivity contribution < 1.29 is 10.2 Å². The van der Waals surface area contributed by atoms with Crippen LogP contribution < -0.4 is 0 Å². The molecule has 0 rings (SSSR count). The van der Waals surface area contributed by atoms with Crippen LogP contribution in [0.5, 0.6) is 0 Å². The van der Waals surface area contributed by atoms with Crippen LogP contribution in [0.1, 0.15) is 90.9 Å². The monoisotopic (exact) mass is 284 g/mol. The van der Waals surface area contributed by atoms with Crippen molar-refractivity contribution in [2.75, 3.05) is 0 Å². The molecule has 0 saturated carbocycles. The molecule has 0 aliphatic heterocycles. The zero-order valence-electron chi connectivity index (χ0n) is 13.7. The van der Waals surface area contributed by atoms with Crippen LogP contribution in [0.4, 0.5) is 0 Å². The van der Waals surface area contributed by atoms with E-state index in [-0.39, 0.29) is 12.2 Å². The van der Waals surface area contributed by atoms with Crippen molar-refractivity contribution in [3.05, 3.63) is 12.2 Å².